The normalized spacial score (nSPS) is 33.1. The number of carbonyl (C=O) groups excluding carboxylic acids is 1. The fraction of sp³-hybridized carbons (Fsp3) is 0.885. The summed E-state index contributed by atoms with van der Waals surface area (Å²) in [6, 6.07) is -3.24. The van der Waals surface area contributed by atoms with Gasteiger partial charge in [-0.2, -0.15) is 0 Å². The van der Waals surface area contributed by atoms with Gasteiger partial charge in [0.05, 0.1) is 55.8 Å². The molecule has 1 amide bonds. The van der Waals surface area contributed by atoms with Crippen molar-refractivity contribution in [3.05, 3.63) is 35.5 Å². The Morgan fingerprint density at radius 3 is 1.54 bits per heavy atom. The van der Waals surface area contributed by atoms with Crippen molar-refractivity contribution in [2.45, 2.75) is 310 Å². The van der Waals surface area contributed by atoms with Gasteiger partial charge in [0.15, 0.2) is 6.29 Å². The number of ether oxygens (including phenoxy) is 2. The summed E-state index contributed by atoms with van der Waals surface area (Å²) >= 11 is 0. The molecule has 1 saturated heterocycles. The fourth-order valence-corrected chi connectivity index (χ4v) is 11.5. The average molecular weight is 1180 g/mol. The number of rotatable bonds is 39. The molecule has 1 saturated carbocycles. The molecule has 21 nitrogen and oxygen atoms in total. The van der Waals surface area contributed by atoms with Crippen LogP contribution in [-0.4, -0.2) is 225 Å². The molecule has 82 heavy (non-hydrogen) atoms. The van der Waals surface area contributed by atoms with Crippen molar-refractivity contribution in [2.24, 2.45) is 5.92 Å². The van der Waals surface area contributed by atoms with Gasteiger partial charge in [0, 0.05) is 31.5 Å². The lowest BCUT2D eigenvalue weighted by molar-refractivity contribution is -0.322. The Labute approximate surface area is 489 Å². The number of aliphatic hydroxyl groups excluding tert-OH is 15. The van der Waals surface area contributed by atoms with E-state index in [2.05, 4.69) is 29.8 Å². The van der Waals surface area contributed by atoms with Gasteiger partial charge in [-0.05, 0) is 43.8 Å². The Kier molecular flexibility index (Phi) is 37.9. The van der Waals surface area contributed by atoms with Crippen LogP contribution in [0.15, 0.2) is 35.5 Å². The zero-order valence-electron chi connectivity index (χ0n) is 49.7. The lowest BCUT2D eigenvalue weighted by Gasteiger charge is -2.47. The van der Waals surface area contributed by atoms with Gasteiger partial charge >= 0.3 is 0 Å². The summed E-state index contributed by atoms with van der Waals surface area (Å²) in [7, 11) is 0. The van der Waals surface area contributed by atoms with Gasteiger partial charge in [-0.1, -0.05) is 179 Å². The molecule has 3 aliphatic carbocycles. The number of unbranched alkanes of at least 4 members (excludes halogenated alkanes) is 23. The second kappa shape index (κ2) is 41.9. The summed E-state index contributed by atoms with van der Waals surface area (Å²) in [6.45, 7) is 4.63. The third kappa shape index (κ3) is 25.3. The molecule has 21 heteroatoms. The summed E-state index contributed by atoms with van der Waals surface area (Å²) in [6.07, 6.45) is 17.6. The van der Waals surface area contributed by atoms with Gasteiger partial charge in [0.1, 0.15) is 61.0 Å². The quantitative estimate of drug-likeness (QED) is 0.0308. The van der Waals surface area contributed by atoms with E-state index in [1.54, 1.807) is 6.08 Å². The summed E-state index contributed by atoms with van der Waals surface area (Å²) in [5.74, 6) is -0.882. The smallest absolute Gasteiger partial charge is 0.220 e. The molecule has 0 aromatic rings. The monoisotopic (exact) mass is 1180 g/mol. The van der Waals surface area contributed by atoms with Crippen LogP contribution >= 0.6 is 0 Å². The maximum atomic E-state index is 12.9. The molecule has 4 aliphatic rings. The van der Waals surface area contributed by atoms with Crippen molar-refractivity contribution in [3.63, 3.8) is 0 Å². The Balaban J connectivity index is 0.000000462. The highest BCUT2D eigenvalue weighted by Crippen LogP contribution is 2.33. The predicted molar refractivity (Wildman–Crippen MR) is 312 cm³/mol. The highest BCUT2D eigenvalue weighted by molar-refractivity contribution is 5.76. The maximum Gasteiger partial charge on any atom is 0.220 e. The summed E-state index contributed by atoms with van der Waals surface area (Å²) in [4.78, 5) is 12.9. The Morgan fingerprint density at radius 2 is 1.05 bits per heavy atom. The number of nitrogens with one attached hydrogen (secondary N) is 3. The summed E-state index contributed by atoms with van der Waals surface area (Å²) in [5.41, 5.74) is 0.306. The molecule has 480 valence electrons. The van der Waals surface area contributed by atoms with Crippen LogP contribution in [0.4, 0.5) is 0 Å². The maximum absolute atomic E-state index is 12.9. The van der Waals surface area contributed by atoms with E-state index in [1.807, 2.05) is 6.08 Å². The van der Waals surface area contributed by atoms with Crippen LogP contribution in [0.1, 0.15) is 194 Å². The van der Waals surface area contributed by atoms with Gasteiger partial charge in [-0.15, -0.1) is 0 Å². The van der Waals surface area contributed by atoms with Crippen LogP contribution in [0.2, 0.25) is 0 Å². The molecular weight excluding hydrogens is 1060 g/mol. The van der Waals surface area contributed by atoms with Crippen molar-refractivity contribution < 1.29 is 90.9 Å². The first kappa shape index (κ1) is 74.2. The number of hydrogen-bond acceptors (Lipinski definition) is 20. The van der Waals surface area contributed by atoms with Gasteiger partial charge in [-0.3, -0.25) is 4.79 Å². The molecule has 1 heterocycles. The van der Waals surface area contributed by atoms with E-state index in [-0.39, 0.29) is 30.0 Å². The van der Waals surface area contributed by atoms with E-state index >= 15 is 0 Å². The molecule has 0 spiro atoms. The molecule has 1 aliphatic heterocycles. The van der Waals surface area contributed by atoms with Crippen molar-refractivity contribution in [1.82, 2.24) is 16.0 Å². The number of allylic oxidation sites excluding steroid dienone is 1. The first-order valence-corrected chi connectivity index (χ1v) is 31.5. The van der Waals surface area contributed by atoms with Gasteiger partial charge < -0.3 is 102 Å². The van der Waals surface area contributed by atoms with E-state index in [1.165, 1.54) is 147 Å². The zero-order chi connectivity index (χ0) is 60.6. The van der Waals surface area contributed by atoms with Crippen LogP contribution in [-0.2, 0) is 14.3 Å². The van der Waals surface area contributed by atoms with Crippen molar-refractivity contribution in [3.8, 4) is 0 Å². The molecule has 0 aromatic heterocycles. The van der Waals surface area contributed by atoms with E-state index in [0.29, 0.717) is 6.42 Å². The topological polar surface area (TPSA) is 375 Å². The van der Waals surface area contributed by atoms with E-state index in [9.17, 15) is 81.4 Å². The molecule has 0 aromatic carbocycles. The van der Waals surface area contributed by atoms with E-state index in [0.717, 1.165) is 32.1 Å². The Morgan fingerprint density at radius 1 is 0.585 bits per heavy atom. The minimum absolute atomic E-state index is 0.0348. The molecule has 20 atom stereocenters. The lowest BCUT2D eigenvalue weighted by Crippen LogP contribution is -2.65. The number of hydrogen-bond donors (Lipinski definition) is 18. The minimum Gasteiger partial charge on any atom is -0.396 e. The molecule has 17 unspecified atom stereocenters. The fourth-order valence-electron chi connectivity index (χ4n) is 11.5. The van der Waals surface area contributed by atoms with Crippen molar-refractivity contribution >= 4 is 5.91 Å². The highest BCUT2D eigenvalue weighted by atomic mass is 16.7. The van der Waals surface area contributed by atoms with Crippen molar-refractivity contribution in [2.75, 3.05) is 26.4 Å². The molecule has 0 radical (unpaired) electrons. The second-order valence-electron chi connectivity index (χ2n) is 23.7. The lowest BCUT2D eigenvalue weighted by atomic mass is 9.78. The molecule has 0 bridgehead atoms. The zero-order valence-corrected chi connectivity index (χ0v) is 49.7. The van der Waals surface area contributed by atoms with E-state index in [4.69, 9.17) is 9.47 Å². The molecule has 2 fully saturated rings. The minimum atomic E-state index is -1.64. The summed E-state index contributed by atoms with van der Waals surface area (Å²) in [5, 5.41) is 161. The van der Waals surface area contributed by atoms with Gasteiger partial charge in [0.2, 0.25) is 5.91 Å². The van der Waals surface area contributed by atoms with Crippen LogP contribution in [0.25, 0.3) is 0 Å². The third-order valence-corrected chi connectivity index (χ3v) is 17.0. The molecule has 4 rings (SSSR count). The van der Waals surface area contributed by atoms with Crippen LogP contribution in [0.3, 0.4) is 0 Å². The highest BCUT2D eigenvalue weighted by Gasteiger charge is 2.50. The van der Waals surface area contributed by atoms with E-state index < -0.39 is 142 Å². The van der Waals surface area contributed by atoms with Crippen LogP contribution in [0.5, 0.6) is 0 Å². The second-order valence-corrected chi connectivity index (χ2v) is 23.7. The first-order chi connectivity index (χ1) is 39.4. The molecular formula is C61H113N3O18. The number of amides is 1. The Hall–Kier alpha value is -2.07. The number of aliphatic hydroxyl groups is 15. The summed E-state index contributed by atoms with van der Waals surface area (Å²) < 4.78 is 11.0. The van der Waals surface area contributed by atoms with Gasteiger partial charge in [-0.25, -0.2) is 0 Å². The largest absolute Gasteiger partial charge is 0.396 e. The SMILES string of the molecule is CC1OC(OC2C(CO)CC(NC3C=C(CO)C(O)C(O)C3O)C(O)C2O)C(O)C(O)C1O.CCCCCCCCCCCCCC=CC(O)[C@H](CNC1C=C(CO)[C@@H](O)C(O)[C@H]1O)NC(=O)CCCCCCCCCCCCCCC. The number of carbonyl (C=O) groups is 1. The predicted octanol–water partition coefficient (Wildman–Crippen LogP) is 1.82. The third-order valence-electron chi connectivity index (χ3n) is 17.0. The average Bonchev–Trinajstić information content (AvgIpc) is 3.62. The first-order valence-electron chi connectivity index (χ1n) is 31.5. The van der Waals surface area contributed by atoms with Crippen LogP contribution < -0.4 is 16.0 Å². The Bertz CT molecular complexity index is 1770. The van der Waals surface area contributed by atoms with Crippen LogP contribution in [0, 0.1) is 5.92 Å². The standard InChI is InChI=1S/C41H78N2O6.C20H35NO12/c1-3-5-7-9-11-13-15-17-19-21-23-25-27-29-37(45)36(32-42-35-31-34(33-44)39(47)41(49)40(35)48)43-38(46)30-28-26-24-22-20-18-16-14-12-10-8-6-4-2;1-6-11(24)15(28)18(31)20(32-6)33-19-8(5-23)3-10(14(27)17(19)30)21-9-2-7(4-22)12(25)16(29)13(9)26/h27,29,31,35-37,39-42,44-45,47-49H,3-26,28,30,32-33H2,1-2H3,(H,43,46);2,6,8-31H,3-5H2,1H3/t35?,36-,37?,39+,40-,41?;/m0./s1. The van der Waals surface area contributed by atoms with Gasteiger partial charge in [0.25, 0.3) is 0 Å². The molecule has 18 N–H and O–H groups in total. The van der Waals surface area contributed by atoms with Crippen molar-refractivity contribution in [1.29, 1.82) is 0 Å².